The summed E-state index contributed by atoms with van der Waals surface area (Å²) in [6.45, 7) is 3.21. The van der Waals surface area contributed by atoms with Crippen LogP contribution in [0.2, 0.25) is 0 Å². The SMILES string of the molecule is CCn1nc(C(F)(F)F)c2c1C(C)(F)CC2. The van der Waals surface area contributed by atoms with Gasteiger partial charge >= 0.3 is 6.18 Å². The van der Waals surface area contributed by atoms with Crippen LogP contribution in [0.3, 0.4) is 0 Å². The van der Waals surface area contributed by atoms with E-state index in [1.54, 1.807) is 6.92 Å². The number of hydrogen-bond donors (Lipinski definition) is 0. The van der Waals surface area contributed by atoms with Crippen molar-refractivity contribution in [2.75, 3.05) is 0 Å². The van der Waals surface area contributed by atoms with Crippen molar-refractivity contribution in [3.05, 3.63) is 17.0 Å². The van der Waals surface area contributed by atoms with E-state index < -0.39 is 17.5 Å². The minimum absolute atomic E-state index is 0.0272. The fourth-order valence-corrected chi connectivity index (χ4v) is 2.25. The molecule has 0 amide bonds. The largest absolute Gasteiger partial charge is 0.435 e. The highest BCUT2D eigenvalue weighted by atomic mass is 19.4. The zero-order chi connectivity index (χ0) is 12.1. The maximum absolute atomic E-state index is 14.0. The lowest BCUT2D eigenvalue weighted by Crippen LogP contribution is -2.17. The summed E-state index contributed by atoms with van der Waals surface area (Å²) >= 11 is 0. The molecule has 0 N–H and O–H groups in total. The minimum atomic E-state index is -4.50. The fourth-order valence-electron chi connectivity index (χ4n) is 2.25. The average Bonchev–Trinajstić information content (AvgIpc) is 2.64. The van der Waals surface area contributed by atoms with E-state index in [9.17, 15) is 17.6 Å². The van der Waals surface area contributed by atoms with Gasteiger partial charge < -0.3 is 0 Å². The Balaban J connectivity index is 2.62. The molecule has 1 unspecified atom stereocenters. The highest BCUT2D eigenvalue weighted by Crippen LogP contribution is 2.45. The molecule has 2 nitrogen and oxygen atoms in total. The quantitative estimate of drug-likeness (QED) is 0.685. The maximum atomic E-state index is 14.0. The first kappa shape index (κ1) is 11.4. The van der Waals surface area contributed by atoms with Crippen LogP contribution in [-0.2, 0) is 24.8 Å². The van der Waals surface area contributed by atoms with Gasteiger partial charge in [-0.3, -0.25) is 4.68 Å². The van der Waals surface area contributed by atoms with Crippen molar-refractivity contribution in [1.29, 1.82) is 0 Å². The van der Waals surface area contributed by atoms with Crippen LogP contribution in [0.25, 0.3) is 0 Å². The van der Waals surface area contributed by atoms with E-state index in [0.717, 1.165) is 4.68 Å². The van der Waals surface area contributed by atoms with Gasteiger partial charge in [0.05, 0.1) is 5.69 Å². The second-order valence-corrected chi connectivity index (χ2v) is 4.19. The Morgan fingerprint density at radius 3 is 2.56 bits per heavy atom. The number of rotatable bonds is 1. The second kappa shape index (κ2) is 3.21. The molecule has 1 aromatic rings. The van der Waals surface area contributed by atoms with Crippen molar-refractivity contribution < 1.29 is 17.6 Å². The molecular formula is C10H12F4N2. The first-order chi connectivity index (χ1) is 7.27. The Morgan fingerprint density at radius 2 is 2.06 bits per heavy atom. The Bertz CT molecular complexity index is 417. The molecule has 1 aliphatic carbocycles. The van der Waals surface area contributed by atoms with Gasteiger partial charge in [0.25, 0.3) is 0 Å². The molecule has 0 spiro atoms. The van der Waals surface area contributed by atoms with Gasteiger partial charge in [0.15, 0.2) is 5.69 Å². The number of alkyl halides is 4. The van der Waals surface area contributed by atoms with E-state index >= 15 is 0 Å². The van der Waals surface area contributed by atoms with Crippen LogP contribution in [0, 0.1) is 0 Å². The highest BCUT2D eigenvalue weighted by molar-refractivity contribution is 5.37. The molecule has 2 rings (SSSR count). The first-order valence-corrected chi connectivity index (χ1v) is 5.13. The minimum Gasteiger partial charge on any atom is -0.266 e. The van der Waals surface area contributed by atoms with Gasteiger partial charge in [-0.15, -0.1) is 0 Å². The molecule has 1 atom stereocenters. The third-order valence-corrected chi connectivity index (χ3v) is 2.96. The van der Waals surface area contributed by atoms with Crippen LogP contribution in [0.15, 0.2) is 0 Å². The molecule has 0 saturated heterocycles. The van der Waals surface area contributed by atoms with Crippen molar-refractivity contribution in [3.8, 4) is 0 Å². The van der Waals surface area contributed by atoms with E-state index in [4.69, 9.17) is 0 Å². The Hall–Kier alpha value is -1.07. The molecule has 0 aliphatic heterocycles. The van der Waals surface area contributed by atoms with E-state index in [2.05, 4.69) is 5.10 Å². The van der Waals surface area contributed by atoms with Gasteiger partial charge in [-0.1, -0.05) is 0 Å². The van der Waals surface area contributed by atoms with Gasteiger partial charge in [0.1, 0.15) is 5.67 Å². The average molecular weight is 236 g/mol. The van der Waals surface area contributed by atoms with E-state index in [0.29, 0.717) is 0 Å². The number of hydrogen-bond acceptors (Lipinski definition) is 1. The highest BCUT2D eigenvalue weighted by Gasteiger charge is 2.46. The molecule has 0 saturated carbocycles. The lowest BCUT2D eigenvalue weighted by molar-refractivity contribution is -0.142. The predicted molar refractivity (Wildman–Crippen MR) is 49.7 cm³/mol. The molecule has 0 bridgehead atoms. The van der Waals surface area contributed by atoms with Crippen LogP contribution in [-0.4, -0.2) is 9.78 Å². The fraction of sp³-hybridized carbons (Fsp3) is 0.700. The van der Waals surface area contributed by atoms with E-state index in [-0.39, 0.29) is 30.6 Å². The molecule has 1 heterocycles. The molecular weight excluding hydrogens is 224 g/mol. The van der Waals surface area contributed by atoms with Gasteiger partial charge in [-0.2, -0.15) is 18.3 Å². The molecule has 0 fully saturated rings. The zero-order valence-electron chi connectivity index (χ0n) is 9.03. The predicted octanol–water partition coefficient (Wildman–Crippen LogP) is 3.05. The lowest BCUT2D eigenvalue weighted by Gasteiger charge is -2.15. The van der Waals surface area contributed by atoms with Crippen LogP contribution in [0.1, 0.15) is 37.2 Å². The van der Waals surface area contributed by atoms with Gasteiger partial charge in [-0.05, 0) is 26.7 Å². The summed E-state index contributed by atoms with van der Waals surface area (Å²) < 4.78 is 53.1. The van der Waals surface area contributed by atoms with Crippen molar-refractivity contribution in [2.24, 2.45) is 0 Å². The third-order valence-electron chi connectivity index (χ3n) is 2.96. The summed E-state index contributed by atoms with van der Waals surface area (Å²) in [6, 6.07) is 0. The van der Waals surface area contributed by atoms with Crippen LogP contribution in [0.5, 0.6) is 0 Å². The third kappa shape index (κ3) is 1.51. The van der Waals surface area contributed by atoms with Crippen molar-refractivity contribution in [1.82, 2.24) is 9.78 Å². The number of aromatic nitrogens is 2. The molecule has 0 aromatic carbocycles. The summed E-state index contributed by atoms with van der Waals surface area (Å²) in [7, 11) is 0. The number of halogens is 4. The van der Waals surface area contributed by atoms with Crippen LogP contribution >= 0.6 is 0 Å². The molecule has 6 heteroatoms. The molecule has 16 heavy (non-hydrogen) atoms. The Labute approximate surface area is 90.2 Å². The summed E-state index contributed by atoms with van der Waals surface area (Å²) in [6.07, 6.45) is -4.29. The normalized spacial score (nSPS) is 24.9. The van der Waals surface area contributed by atoms with Gasteiger partial charge in [0, 0.05) is 12.1 Å². The first-order valence-electron chi connectivity index (χ1n) is 5.13. The molecule has 1 aliphatic rings. The lowest BCUT2D eigenvalue weighted by atomic mass is 10.1. The number of aryl methyl sites for hydroxylation is 1. The topological polar surface area (TPSA) is 17.8 Å². The Kier molecular flexibility index (Phi) is 2.29. The zero-order valence-corrected chi connectivity index (χ0v) is 9.03. The van der Waals surface area contributed by atoms with Crippen molar-refractivity contribution in [3.63, 3.8) is 0 Å². The van der Waals surface area contributed by atoms with E-state index in [1.807, 2.05) is 0 Å². The van der Waals surface area contributed by atoms with Gasteiger partial charge in [-0.25, -0.2) is 4.39 Å². The van der Waals surface area contributed by atoms with Crippen molar-refractivity contribution >= 4 is 0 Å². The monoisotopic (exact) mass is 236 g/mol. The number of fused-ring (bicyclic) bond motifs is 1. The molecule has 1 aromatic heterocycles. The maximum Gasteiger partial charge on any atom is 0.435 e. The van der Waals surface area contributed by atoms with Crippen LogP contribution in [0.4, 0.5) is 17.6 Å². The van der Waals surface area contributed by atoms with E-state index in [1.165, 1.54) is 6.92 Å². The second-order valence-electron chi connectivity index (χ2n) is 4.19. The summed E-state index contributed by atoms with van der Waals surface area (Å²) in [5, 5.41) is 3.47. The summed E-state index contributed by atoms with van der Waals surface area (Å²) in [5.41, 5.74) is -2.49. The molecule has 90 valence electrons. The van der Waals surface area contributed by atoms with Crippen LogP contribution < -0.4 is 0 Å². The Morgan fingerprint density at radius 1 is 1.44 bits per heavy atom. The van der Waals surface area contributed by atoms with Crippen molar-refractivity contribution in [2.45, 2.75) is 45.1 Å². The number of nitrogens with zero attached hydrogens (tertiary/aromatic N) is 2. The standard InChI is InChI=1S/C10H12F4N2/c1-3-16-8-6(4-5-9(8,2)11)7(15-16)10(12,13)14/h3-5H2,1-2H3. The summed E-state index contributed by atoms with van der Waals surface area (Å²) in [4.78, 5) is 0. The summed E-state index contributed by atoms with van der Waals surface area (Å²) in [5.74, 6) is 0. The smallest absolute Gasteiger partial charge is 0.266 e. The molecule has 0 radical (unpaired) electrons. The van der Waals surface area contributed by atoms with Gasteiger partial charge in [0.2, 0.25) is 0 Å².